The molecule has 0 bridgehead atoms. The number of amidine groups is 1. The third-order valence-corrected chi connectivity index (χ3v) is 8.50. The van der Waals surface area contributed by atoms with Crippen LogP contribution in [0.4, 0.5) is 40.0 Å². The van der Waals surface area contributed by atoms with Gasteiger partial charge in [0.2, 0.25) is 5.91 Å². The lowest BCUT2D eigenvalue weighted by Crippen LogP contribution is -2.31. The first-order valence-corrected chi connectivity index (χ1v) is 15.6. The molecule has 0 radical (unpaired) electrons. The number of aryl methyl sites for hydroxylation is 1. The third-order valence-electron chi connectivity index (χ3n) is 6.41. The standard InChI is InChI=1S/C28H23F6N5O3S2/c1-17-3-4-19(14-42-2)25(11-17)39-26(40)15-43-28(39)37-27(41)36-23-10-5-18(12-22(23)29)24-13-38(16-35-24)20-6-8-21(9-7-20)44(30,31,32,33)34/h3-13,16H,14-15H2,1-2H3,(H,36,41)/b37-28-. The van der Waals surface area contributed by atoms with Crippen molar-refractivity contribution < 1.29 is 38.1 Å². The fraction of sp³-hybridized carbons (Fsp3) is 0.143. The van der Waals surface area contributed by atoms with E-state index < -0.39 is 27.0 Å². The molecule has 1 fully saturated rings. The Balaban J connectivity index is 1.32. The Bertz CT molecular complexity index is 1810. The highest BCUT2D eigenvalue weighted by molar-refractivity contribution is 8.45. The van der Waals surface area contributed by atoms with Gasteiger partial charge in [-0.2, -0.15) is 4.99 Å². The second-order valence-corrected chi connectivity index (χ2v) is 13.1. The van der Waals surface area contributed by atoms with Gasteiger partial charge in [0, 0.05) is 30.1 Å². The van der Waals surface area contributed by atoms with E-state index in [-0.39, 0.29) is 58.2 Å². The van der Waals surface area contributed by atoms with Crippen LogP contribution in [0.5, 0.6) is 0 Å². The molecule has 8 nitrogen and oxygen atoms in total. The number of hydrogen-bond acceptors (Lipinski definition) is 5. The van der Waals surface area contributed by atoms with Gasteiger partial charge in [-0.25, -0.2) is 14.2 Å². The summed E-state index contributed by atoms with van der Waals surface area (Å²) in [6.07, 6.45) is 2.60. The minimum atomic E-state index is -9.81. The maximum atomic E-state index is 15.0. The molecular weight excluding hydrogens is 632 g/mol. The van der Waals surface area contributed by atoms with Crippen molar-refractivity contribution in [2.45, 2.75) is 18.4 Å². The second-order valence-electron chi connectivity index (χ2n) is 9.73. The van der Waals surface area contributed by atoms with Crippen LogP contribution in [0, 0.1) is 12.7 Å². The highest BCUT2D eigenvalue weighted by Gasteiger charge is 2.65. The number of hydrogen-bond donors (Lipinski definition) is 1. The molecule has 1 N–H and O–H groups in total. The van der Waals surface area contributed by atoms with Gasteiger partial charge in [-0.1, -0.05) is 49.4 Å². The summed E-state index contributed by atoms with van der Waals surface area (Å²) < 4.78 is 86.5. The number of urea groups is 1. The third kappa shape index (κ3) is 6.76. The average Bonchev–Trinajstić information content (AvgIpc) is 3.57. The van der Waals surface area contributed by atoms with Crippen molar-refractivity contribution in [2.75, 3.05) is 23.1 Å². The van der Waals surface area contributed by atoms with Crippen molar-refractivity contribution >= 4 is 50.5 Å². The lowest BCUT2D eigenvalue weighted by Gasteiger charge is -2.40. The molecule has 3 amide bonds. The summed E-state index contributed by atoms with van der Waals surface area (Å²) in [7, 11) is -8.29. The van der Waals surface area contributed by atoms with Crippen LogP contribution in [-0.2, 0) is 16.1 Å². The Hall–Kier alpha value is -4.28. The summed E-state index contributed by atoms with van der Waals surface area (Å²) in [6, 6.07) is 10.7. The fourth-order valence-corrected chi connectivity index (χ4v) is 5.84. The quantitative estimate of drug-likeness (QED) is 0.202. The average molecular weight is 656 g/mol. The van der Waals surface area contributed by atoms with E-state index in [1.165, 1.54) is 41.2 Å². The monoisotopic (exact) mass is 655 g/mol. The number of aromatic nitrogens is 2. The van der Waals surface area contributed by atoms with E-state index in [1.54, 1.807) is 6.07 Å². The van der Waals surface area contributed by atoms with E-state index >= 15 is 0 Å². The molecule has 2 heterocycles. The first-order chi connectivity index (χ1) is 20.5. The number of aliphatic imine (C=N–C) groups is 1. The van der Waals surface area contributed by atoms with Gasteiger partial charge in [0.25, 0.3) is 0 Å². The summed E-state index contributed by atoms with van der Waals surface area (Å²) in [5.41, 5.74) is 2.53. The van der Waals surface area contributed by atoms with Crippen LogP contribution >= 0.6 is 22.0 Å². The number of benzene rings is 3. The molecule has 3 aromatic carbocycles. The molecule has 16 heteroatoms. The van der Waals surface area contributed by atoms with E-state index in [0.717, 1.165) is 35.5 Å². The van der Waals surface area contributed by atoms with Gasteiger partial charge >= 0.3 is 16.3 Å². The van der Waals surface area contributed by atoms with Gasteiger partial charge in [-0.15, -0.1) is 0 Å². The van der Waals surface area contributed by atoms with Crippen molar-refractivity contribution in [1.82, 2.24) is 9.55 Å². The van der Waals surface area contributed by atoms with E-state index in [4.69, 9.17) is 4.74 Å². The molecule has 44 heavy (non-hydrogen) atoms. The Kier molecular flexibility index (Phi) is 7.58. The maximum absolute atomic E-state index is 15.0. The van der Waals surface area contributed by atoms with Crippen LogP contribution in [0.25, 0.3) is 16.9 Å². The zero-order valence-corrected chi connectivity index (χ0v) is 24.6. The van der Waals surface area contributed by atoms with Crippen molar-refractivity contribution in [2.24, 2.45) is 4.99 Å². The molecule has 1 saturated heterocycles. The van der Waals surface area contributed by atoms with Crippen LogP contribution in [0.15, 0.2) is 83.1 Å². The van der Waals surface area contributed by atoms with Gasteiger partial charge in [-0.3, -0.25) is 9.69 Å². The summed E-state index contributed by atoms with van der Waals surface area (Å²) >= 11 is 1.06. The first-order valence-electron chi connectivity index (χ1n) is 12.6. The Morgan fingerprint density at radius 1 is 1.07 bits per heavy atom. The second kappa shape index (κ2) is 10.7. The van der Waals surface area contributed by atoms with Crippen LogP contribution in [0.3, 0.4) is 0 Å². The summed E-state index contributed by atoms with van der Waals surface area (Å²) in [4.78, 5) is 32.9. The molecule has 1 aliphatic rings. The molecule has 0 atom stereocenters. The van der Waals surface area contributed by atoms with E-state index in [0.29, 0.717) is 11.3 Å². The van der Waals surface area contributed by atoms with Crippen molar-refractivity contribution in [1.29, 1.82) is 0 Å². The van der Waals surface area contributed by atoms with Crippen molar-refractivity contribution in [3.8, 4) is 16.9 Å². The van der Waals surface area contributed by atoms with Crippen LogP contribution in [0.1, 0.15) is 11.1 Å². The van der Waals surface area contributed by atoms with Crippen LogP contribution < -0.4 is 10.2 Å². The number of methoxy groups -OCH3 is 1. The number of nitrogens with zero attached hydrogens (tertiary/aromatic N) is 4. The van der Waals surface area contributed by atoms with Gasteiger partial charge in [0.15, 0.2) is 5.17 Å². The van der Waals surface area contributed by atoms with Gasteiger partial charge in [-0.05, 0) is 55.0 Å². The summed E-state index contributed by atoms with van der Waals surface area (Å²) in [5.74, 6) is -1.06. The highest BCUT2D eigenvalue weighted by Crippen LogP contribution is 3.02. The van der Waals surface area contributed by atoms with Crippen molar-refractivity contribution in [3.05, 3.63) is 90.1 Å². The van der Waals surface area contributed by atoms with Crippen molar-refractivity contribution in [3.63, 3.8) is 0 Å². The molecule has 0 saturated carbocycles. The topological polar surface area (TPSA) is 88.8 Å². The highest BCUT2D eigenvalue weighted by atomic mass is 32.5. The van der Waals surface area contributed by atoms with Gasteiger partial charge in [0.1, 0.15) is 10.7 Å². The number of amides is 3. The lowest BCUT2D eigenvalue weighted by atomic mass is 10.1. The summed E-state index contributed by atoms with van der Waals surface area (Å²) in [5, 5.41) is 2.47. The van der Waals surface area contributed by atoms with E-state index in [1.807, 2.05) is 19.1 Å². The van der Waals surface area contributed by atoms with Crippen LogP contribution in [0.2, 0.25) is 0 Å². The minimum absolute atomic E-state index is 0.0579. The lowest BCUT2D eigenvalue weighted by molar-refractivity contribution is -0.115. The zero-order valence-electron chi connectivity index (χ0n) is 22.9. The molecule has 0 spiro atoms. The number of nitrogens with one attached hydrogen (secondary N) is 1. The SMILES string of the molecule is COCc1ccc(C)cc1N1C(=O)CS/C1=N\C(=O)Nc1ccc(-c2cn(-c3ccc(S(F)(F)(F)(F)F)cc3)cn2)cc1F. The van der Waals surface area contributed by atoms with E-state index in [9.17, 15) is 33.4 Å². The smallest absolute Gasteiger partial charge is 0.347 e. The number of carbonyl (C=O) groups excluding carboxylic acids is 2. The van der Waals surface area contributed by atoms with E-state index in [2.05, 4.69) is 15.3 Å². The zero-order chi connectivity index (χ0) is 31.9. The molecule has 0 unspecified atom stereocenters. The van der Waals surface area contributed by atoms with Crippen LogP contribution in [-0.4, -0.2) is 39.5 Å². The Morgan fingerprint density at radius 2 is 1.80 bits per heavy atom. The molecule has 5 rings (SSSR count). The number of carbonyl (C=O) groups is 2. The molecule has 1 aromatic heterocycles. The summed E-state index contributed by atoms with van der Waals surface area (Å²) in [6.45, 7) is 2.08. The molecule has 1 aliphatic heterocycles. The molecule has 232 valence electrons. The predicted molar refractivity (Wildman–Crippen MR) is 159 cm³/mol. The number of ether oxygens (including phenoxy) is 1. The minimum Gasteiger partial charge on any atom is -0.380 e. The molecular formula is C28H23F6N5O3S2. The number of halogens is 6. The largest absolute Gasteiger partial charge is 0.380 e. The number of imidazole rings is 1. The number of rotatable bonds is 7. The number of anilines is 2. The molecule has 0 aliphatic carbocycles. The molecule has 4 aromatic rings. The van der Waals surface area contributed by atoms with Gasteiger partial charge < -0.3 is 14.6 Å². The Morgan fingerprint density at radius 3 is 2.45 bits per heavy atom. The normalized spacial score (nSPS) is 16.2. The first kappa shape index (κ1) is 31.2. The predicted octanol–water partition coefficient (Wildman–Crippen LogP) is 8.46. The van der Waals surface area contributed by atoms with Gasteiger partial charge in [0.05, 0.1) is 35.8 Å². The fourth-order valence-electron chi connectivity index (χ4n) is 4.34. The maximum Gasteiger partial charge on any atom is 0.347 e. The number of thioether (sulfide) groups is 1. The Labute approximate surface area is 251 Å².